The first-order chi connectivity index (χ1) is 15.2. The lowest BCUT2D eigenvalue weighted by atomic mass is 10.2. The van der Waals surface area contributed by atoms with E-state index in [9.17, 15) is 4.79 Å². The van der Waals surface area contributed by atoms with Gasteiger partial charge < -0.3 is 14.4 Å². The normalized spacial score (nSPS) is 11.5. The molecule has 0 unspecified atom stereocenters. The zero-order valence-corrected chi connectivity index (χ0v) is 17.7. The van der Waals surface area contributed by atoms with E-state index in [1.165, 1.54) is 0 Å². The van der Waals surface area contributed by atoms with E-state index >= 15 is 0 Å². The van der Waals surface area contributed by atoms with E-state index < -0.39 is 0 Å². The van der Waals surface area contributed by atoms with Crippen molar-refractivity contribution < 1.29 is 14.3 Å². The molecule has 0 bridgehead atoms. The molecule has 3 aromatic carbocycles. The Morgan fingerprint density at radius 3 is 1.87 bits per heavy atom. The molecule has 3 rings (SSSR count). The number of rotatable bonds is 11. The van der Waals surface area contributed by atoms with Crippen LogP contribution in [0.2, 0.25) is 0 Å². The molecule has 0 radical (unpaired) electrons. The third kappa shape index (κ3) is 7.76. The summed E-state index contributed by atoms with van der Waals surface area (Å²) in [7, 11) is 0. The predicted octanol–water partition coefficient (Wildman–Crippen LogP) is 5.99. The predicted molar refractivity (Wildman–Crippen MR) is 123 cm³/mol. The highest BCUT2D eigenvalue weighted by molar-refractivity contribution is 5.67. The van der Waals surface area contributed by atoms with Crippen LogP contribution in [0.15, 0.2) is 104 Å². The van der Waals surface area contributed by atoms with Crippen LogP contribution in [0.25, 0.3) is 0 Å². The number of hydrogen-bond acceptors (Lipinski definition) is 3. The molecule has 3 aromatic rings. The van der Waals surface area contributed by atoms with E-state index in [1.807, 2.05) is 97.1 Å². The van der Waals surface area contributed by atoms with Gasteiger partial charge in [-0.05, 0) is 23.1 Å². The Morgan fingerprint density at radius 1 is 0.806 bits per heavy atom. The third-order valence-electron chi connectivity index (χ3n) is 4.86. The zero-order valence-electron chi connectivity index (χ0n) is 17.7. The van der Waals surface area contributed by atoms with Gasteiger partial charge in [-0.15, -0.1) is 6.58 Å². The van der Waals surface area contributed by atoms with E-state index in [0.717, 1.165) is 16.7 Å². The second-order valence-corrected chi connectivity index (χ2v) is 7.35. The van der Waals surface area contributed by atoms with E-state index in [-0.39, 0.29) is 18.8 Å². The summed E-state index contributed by atoms with van der Waals surface area (Å²) in [6.45, 7) is 5.45. The lowest BCUT2D eigenvalue weighted by Crippen LogP contribution is -2.38. The largest absolute Gasteiger partial charge is 0.445 e. The number of ether oxygens (including phenoxy) is 2. The van der Waals surface area contributed by atoms with Gasteiger partial charge in [-0.25, -0.2) is 4.79 Å². The molecule has 4 heteroatoms. The highest BCUT2D eigenvalue weighted by Gasteiger charge is 2.21. The van der Waals surface area contributed by atoms with Crippen molar-refractivity contribution in [2.75, 3.05) is 6.54 Å². The van der Waals surface area contributed by atoms with Gasteiger partial charge in [0.25, 0.3) is 0 Å². The highest BCUT2D eigenvalue weighted by Crippen LogP contribution is 2.13. The minimum atomic E-state index is -0.356. The molecule has 0 spiro atoms. The monoisotopic (exact) mass is 415 g/mol. The van der Waals surface area contributed by atoms with Crippen LogP contribution in [-0.4, -0.2) is 23.6 Å². The smallest absolute Gasteiger partial charge is 0.410 e. The van der Waals surface area contributed by atoms with Crippen molar-refractivity contribution in [3.8, 4) is 0 Å². The third-order valence-corrected chi connectivity index (χ3v) is 4.86. The number of benzene rings is 3. The Bertz CT molecular complexity index is 913. The van der Waals surface area contributed by atoms with Gasteiger partial charge in [-0.2, -0.15) is 0 Å². The van der Waals surface area contributed by atoms with Crippen LogP contribution < -0.4 is 0 Å². The Morgan fingerprint density at radius 2 is 1.32 bits per heavy atom. The standard InChI is InChI=1S/C27H29NO3/c1-2-12-26(30-21-24-15-8-4-9-16-24)20-28(19-23-13-6-3-7-14-23)27(29)31-22-25-17-10-5-11-18-25/h2-11,13-18,26H,1,12,19-22H2/t26-/m0/s1. The van der Waals surface area contributed by atoms with Crippen molar-refractivity contribution in [1.82, 2.24) is 4.90 Å². The first-order valence-corrected chi connectivity index (χ1v) is 10.5. The van der Waals surface area contributed by atoms with E-state index in [2.05, 4.69) is 6.58 Å². The number of carbonyl (C=O) groups excluding carboxylic acids is 1. The molecule has 0 N–H and O–H groups in total. The Kier molecular flexibility index (Phi) is 8.89. The van der Waals surface area contributed by atoms with E-state index in [1.54, 1.807) is 4.90 Å². The molecule has 31 heavy (non-hydrogen) atoms. The lowest BCUT2D eigenvalue weighted by Gasteiger charge is -2.27. The molecular formula is C27H29NO3. The molecule has 1 atom stereocenters. The van der Waals surface area contributed by atoms with Gasteiger partial charge in [0.05, 0.1) is 19.3 Å². The van der Waals surface area contributed by atoms with Gasteiger partial charge in [0.15, 0.2) is 0 Å². The van der Waals surface area contributed by atoms with Crippen molar-refractivity contribution in [3.63, 3.8) is 0 Å². The van der Waals surface area contributed by atoms with Crippen LogP contribution in [-0.2, 0) is 29.2 Å². The summed E-state index contributed by atoms with van der Waals surface area (Å²) in [6, 6.07) is 29.6. The van der Waals surface area contributed by atoms with Crippen molar-refractivity contribution in [3.05, 3.63) is 120 Å². The van der Waals surface area contributed by atoms with Gasteiger partial charge in [-0.3, -0.25) is 0 Å². The summed E-state index contributed by atoms with van der Waals surface area (Å²) in [5.74, 6) is 0. The molecule has 4 nitrogen and oxygen atoms in total. The molecular weight excluding hydrogens is 386 g/mol. The Balaban J connectivity index is 1.66. The van der Waals surface area contributed by atoms with Crippen molar-refractivity contribution >= 4 is 6.09 Å². The van der Waals surface area contributed by atoms with Crippen molar-refractivity contribution in [1.29, 1.82) is 0 Å². The maximum Gasteiger partial charge on any atom is 0.410 e. The summed E-state index contributed by atoms with van der Waals surface area (Å²) in [4.78, 5) is 14.7. The van der Waals surface area contributed by atoms with Crippen LogP contribution in [0, 0.1) is 0 Å². The van der Waals surface area contributed by atoms with E-state index in [0.29, 0.717) is 26.1 Å². The van der Waals surface area contributed by atoms with Crippen LogP contribution in [0.3, 0.4) is 0 Å². The summed E-state index contributed by atoms with van der Waals surface area (Å²) in [5.41, 5.74) is 3.09. The Labute approximate surface area is 184 Å². The van der Waals surface area contributed by atoms with Crippen molar-refractivity contribution in [2.45, 2.75) is 32.3 Å². The molecule has 0 heterocycles. The first-order valence-electron chi connectivity index (χ1n) is 10.5. The Hall–Kier alpha value is -3.37. The van der Waals surface area contributed by atoms with Crippen LogP contribution >= 0.6 is 0 Å². The molecule has 160 valence electrons. The second kappa shape index (κ2) is 12.4. The molecule has 0 saturated heterocycles. The minimum absolute atomic E-state index is 0.175. The molecule has 0 aliphatic heterocycles. The number of hydrogen-bond donors (Lipinski definition) is 0. The van der Waals surface area contributed by atoms with Crippen LogP contribution in [0.1, 0.15) is 23.1 Å². The summed E-state index contributed by atoms with van der Waals surface area (Å²) >= 11 is 0. The second-order valence-electron chi connectivity index (χ2n) is 7.35. The zero-order chi connectivity index (χ0) is 21.7. The quantitative estimate of drug-likeness (QED) is 0.361. The van der Waals surface area contributed by atoms with Crippen LogP contribution in [0.4, 0.5) is 4.79 Å². The van der Waals surface area contributed by atoms with Gasteiger partial charge in [-0.1, -0.05) is 97.1 Å². The molecule has 0 saturated carbocycles. The van der Waals surface area contributed by atoms with Gasteiger partial charge in [0, 0.05) is 6.54 Å². The fraction of sp³-hybridized carbons (Fsp3) is 0.222. The molecule has 1 amide bonds. The molecule has 0 aliphatic carbocycles. The average Bonchev–Trinajstić information content (AvgIpc) is 2.82. The minimum Gasteiger partial charge on any atom is -0.445 e. The fourth-order valence-corrected chi connectivity index (χ4v) is 3.23. The number of amides is 1. The number of carbonyl (C=O) groups is 1. The maximum absolute atomic E-state index is 13.0. The van der Waals surface area contributed by atoms with E-state index in [4.69, 9.17) is 9.47 Å². The van der Waals surface area contributed by atoms with Crippen LogP contribution in [0.5, 0.6) is 0 Å². The summed E-state index contributed by atoms with van der Waals surface area (Å²) < 4.78 is 11.7. The SMILES string of the molecule is C=CC[C@@H](CN(Cc1ccccc1)C(=O)OCc1ccccc1)OCc1ccccc1. The molecule has 0 fully saturated rings. The fourth-order valence-electron chi connectivity index (χ4n) is 3.23. The first kappa shape index (κ1) is 22.3. The van der Waals surface area contributed by atoms with Crippen molar-refractivity contribution in [2.24, 2.45) is 0 Å². The average molecular weight is 416 g/mol. The summed E-state index contributed by atoms with van der Waals surface area (Å²) in [6.07, 6.45) is 1.94. The lowest BCUT2D eigenvalue weighted by molar-refractivity contribution is 0.0111. The number of nitrogens with zero attached hydrogens (tertiary/aromatic N) is 1. The highest BCUT2D eigenvalue weighted by atomic mass is 16.6. The molecule has 0 aliphatic rings. The topological polar surface area (TPSA) is 38.8 Å². The summed E-state index contributed by atoms with van der Waals surface area (Å²) in [5, 5.41) is 0. The molecule has 0 aromatic heterocycles. The van der Waals surface area contributed by atoms with Gasteiger partial charge >= 0.3 is 6.09 Å². The van der Waals surface area contributed by atoms with Gasteiger partial charge in [0.1, 0.15) is 6.61 Å². The maximum atomic E-state index is 13.0. The van der Waals surface area contributed by atoms with Gasteiger partial charge in [0.2, 0.25) is 0 Å².